The quantitative estimate of drug-likeness (QED) is 0.659. The molecule has 0 aliphatic heterocycles. The topological polar surface area (TPSA) is 84.3 Å². The van der Waals surface area contributed by atoms with Crippen LogP contribution in [0.3, 0.4) is 0 Å². The van der Waals surface area contributed by atoms with Gasteiger partial charge in [0.25, 0.3) is 0 Å². The minimum atomic E-state index is -1.04. The van der Waals surface area contributed by atoms with Gasteiger partial charge in [0.15, 0.2) is 0 Å². The number of rotatable bonds is 5. The first-order valence-electron chi connectivity index (χ1n) is 7.76. The molecule has 0 unspecified atom stereocenters. The second-order valence-corrected chi connectivity index (χ2v) is 5.87. The van der Waals surface area contributed by atoms with Gasteiger partial charge in [-0.1, -0.05) is 23.7 Å². The number of methoxy groups -OCH3 is 1. The van der Waals surface area contributed by atoms with Gasteiger partial charge in [0.1, 0.15) is 11.3 Å². The lowest BCUT2D eigenvalue weighted by molar-refractivity contribution is -0.131. The Morgan fingerprint density at radius 3 is 2.81 bits per heavy atom. The lowest BCUT2D eigenvalue weighted by Gasteiger charge is -2.14. The lowest BCUT2D eigenvalue weighted by Crippen LogP contribution is -2.00. The number of carboxylic acids is 1. The molecular weight excluding hydrogens is 354 g/mol. The number of fused-ring (bicyclic) bond motifs is 1. The highest BCUT2D eigenvalue weighted by molar-refractivity contribution is 6.31. The molecule has 0 radical (unpaired) electrons. The number of benzene rings is 2. The summed E-state index contributed by atoms with van der Waals surface area (Å²) in [6, 6.07) is 9.08. The van der Waals surface area contributed by atoms with Crippen LogP contribution in [-0.4, -0.2) is 35.2 Å². The molecule has 1 aromatic heterocycles. The Kier molecular flexibility index (Phi) is 5.04. The van der Waals surface area contributed by atoms with E-state index in [1.165, 1.54) is 6.08 Å². The molecule has 1 heterocycles. The zero-order valence-corrected chi connectivity index (χ0v) is 14.9. The van der Waals surface area contributed by atoms with Gasteiger partial charge in [0.05, 0.1) is 7.11 Å². The minimum absolute atomic E-state index is 0.460. The number of halogens is 1. The van der Waals surface area contributed by atoms with Gasteiger partial charge in [-0.05, 0) is 35.4 Å². The molecule has 0 amide bonds. The molecule has 0 atom stereocenters. The standard InChI is InChI=1S/C19H16ClN3O3/c1-21-19-22-10-14-17(11-4-3-5-13(20)8-11)12(6-7-16(24)25)9-15(26-2)18(14)23-19/h3-10H,1-2H3,(H,24,25)(H,21,22,23). The largest absolute Gasteiger partial charge is 0.494 e. The second kappa shape index (κ2) is 7.41. The fourth-order valence-corrected chi connectivity index (χ4v) is 2.91. The van der Waals surface area contributed by atoms with Crippen LogP contribution in [-0.2, 0) is 4.79 Å². The van der Waals surface area contributed by atoms with E-state index in [2.05, 4.69) is 15.3 Å². The van der Waals surface area contributed by atoms with E-state index in [9.17, 15) is 4.79 Å². The van der Waals surface area contributed by atoms with Crippen LogP contribution < -0.4 is 10.1 Å². The van der Waals surface area contributed by atoms with Crippen molar-refractivity contribution in [1.82, 2.24) is 9.97 Å². The zero-order valence-electron chi connectivity index (χ0n) is 14.2. The number of carbonyl (C=O) groups is 1. The Balaban J connectivity index is 2.40. The van der Waals surface area contributed by atoms with Gasteiger partial charge in [0, 0.05) is 35.3 Å². The normalized spacial score (nSPS) is 11.0. The van der Waals surface area contributed by atoms with Crippen molar-refractivity contribution in [2.24, 2.45) is 0 Å². The molecule has 132 valence electrons. The SMILES string of the molecule is CNc1ncc2c(-c3cccc(Cl)c3)c(C=CC(=O)O)cc(OC)c2n1. The summed E-state index contributed by atoms with van der Waals surface area (Å²) in [6.07, 6.45) is 4.29. The average Bonchev–Trinajstić information content (AvgIpc) is 2.64. The van der Waals surface area contributed by atoms with Gasteiger partial charge in [-0.25, -0.2) is 14.8 Å². The molecule has 3 aromatic rings. The Hall–Kier alpha value is -3.12. The summed E-state index contributed by atoms with van der Waals surface area (Å²) in [5.74, 6) is -0.0562. The Morgan fingerprint density at radius 2 is 2.15 bits per heavy atom. The van der Waals surface area contributed by atoms with Crippen LogP contribution in [0.1, 0.15) is 5.56 Å². The number of nitrogens with one attached hydrogen (secondary N) is 1. The third-order valence-electron chi connectivity index (χ3n) is 3.83. The van der Waals surface area contributed by atoms with E-state index in [-0.39, 0.29) is 0 Å². The Labute approximate surface area is 155 Å². The highest BCUT2D eigenvalue weighted by Crippen LogP contribution is 2.38. The van der Waals surface area contributed by atoms with Crippen LogP contribution in [0.25, 0.3) is 28.1 Å². The monoisotopic (exact) mass is 369 g/mol. The fourth-order valence-electron chi connectivity index (χ4n) is 2.72. The van der Waals surface area contributed by atoms with E-state index in [1.807, 2.05) is 18.2 Å². The number of ether oxygens (including phenoxy) is 1. The van der Waals surface area contributed by atoms with Crippen LogP contribution in [0.15, 0.2) is 42.6 Å². The molecule has 0 aliphatic rings. The highest BCUT2D eigenvalue weighted by atomic mass is 35.5. The van der Waals surface area contributed by atoms with E-state index < -0.39 is 5.97 Å². The summed E-state index contributed by atoms with van der Waals surface area (Å²) in [5, 5.41) is 13.2. The summed E-state index contributed by atoms with van der Waals surface area (Å²) in [4.78, 5) is 19.8. The van der Waals surface area contributed by atoms with Crippen LogP contribution in [0.5, 0.6) is 5.75 Å². The summed E-state index contributed by atoms with van der Waals surface area (Å²) in [5.41, 5.74) is 2.90. The number of carboxylic acid groups (broad SMARTS) is 1. The number of hydrogen-bond donors (Lipinski definition) is 2. The smallest absolute Gasteiger partial charge is 0.328 e. The third-order valence-corrected chi connectivity index (χ3v) is 4.06. The Bertz CT molecular complexity index is 1020. The fraction of sp³-hybridized carbons (Fsp3) is 0.105. The number of hydrogen-bond acceptors (Lipinski definition) is 5. The van der Waals surface area contributed by atoms with Crippen molar-refractivity contribution in [1.29, 1.82) is 0 Å². The molecule has 0 bridgehead atoms. The van der Waals surface area contributed by atoms with Crippen molar-refractivity contribution in [3.05, 3.63) is 53.2 Å². The van der Waals surface area contributed by atoms with Gasteiger partial charge in [-0.3, -0.25) is 0 Å². The first-order valence-corrected chi connectivity index (χ1v) is 8.13. The average molecular weight is 370 g/mol. The molecule has 6 nitrogen and oxygen atoms in total. The predicted molar refractivity (Wildman–Crippen MR) is 103 cm³/mol. The third kappa shape index (κ3) is 3.45. The van der Waals surface area contributed by atoms with E-state index in [0.29, 0.717) is 27.8 Å². The lowest BCUT2D eigenvalue weighted by atomic mass is 9.95. The van der Waals surface area contributed by atoms with Crippen molar-refractivity contribution < 1.29 is 14.6 Å². The predicted octanol–water partition coefficient (Wildman–Crippen LogP) is 4.10. The van der Waals surface area contributed by atoms with Crippen molar-refractivity contribution in [3.63, 3.8) is 0 Å². The van der Waals surface area contributed by atoms with Crippen molar-refractivity contribution in [3.8, 4) is 16.9 Å². The van der Waals surface area contributed by atoms with E-state index >= 15 is 0 Å². The molecule has 0 aliphatic carbocycles. The maximum absolute atomic E-state index is 11.0. The Morgan fingerprint density at radius 1 is 1.35 bits per heavy atom. The van der Waals surface area contributed by atoms with Crippen LogP contribution in [0, 0.1) is 0 Å². The molecular formula is C19H16ClN3O3. The maximum Gasteiger partial charge on any atom is 0.328 e. The van der Waals surface area contributed by atoms with Gasteiger partial charge < -0.3 is 15.2 Å². The van der Waals surface area contributed by atoms with E-state index in [4.69, 9.17) is 21.4 Å². The van der Waals surface area contributed by atoms with Crippen LogP contribution in [0.2, 0.25) is 5.02 Å². The van der Waals surface area contributed by atoms with Gasteiger partial charge >= 0.3 is 5.97 Å². The number of nitrogens with zero attached hydrogens (tertiary/aromatic N) is 2. The van der Waals surface area contributed by atoms with Crippen LogP contribution >= 0.6 is 11.6 Å². The number of aliphatic carboxylic acids is 1. The highest BCUT2D eigenvalue weighted by Gasteiger charge is 2.16. The molecule has 0 fully saturated rings. The summed E-state index contributed by atoms with van der Waals surface area (Å²) >= 11 is 6.15. The molecule has 2 aromatic carbocycles. The summed E-state index contributed by atoms with van der Waals surface area (Å²) in [6.45, 7) is 0. The minimum Gasteiger partial charge on any atom is -0.494 e. The molecule has 2 N–H and O–H groups in total. The summed E-state index contributed by atoms with van der Waals surface area (Å²) in [7, 11) is 3.27. The van der Waals surface area contributed by atoms with Crippen molar-refractivity contribution in [2.45, 2.75) is 0 Å². The van der Waals surface area contributed by atoms with E-state index in [0.717, 1.165) is 22.6 Å². The molecule has 0 spiro atoms. The van der Waals surface area contributed by atoms with Gasteiger partial charge in [-0.15, -0.1) is 0 Å². The van der Waals surface area contributed by atoms with Gasteiger partial charge in [0.2, 0.25) is 5.95 Å². The molecule has 0 saturated heterocycles. The van der Waals surface area contributed by atoms with Crippen molar-refractivity contribution in [2.75, 3.05) is 19.5 Å². The number of aromatic nitrogens is 2. The van der Waals surface area contributed by atoms with Crippen LogP contribution in [0.4, 0.5) is 5.95 Å². The number of anilines is 1. The molecule has 3 rings (SSSR count). The molecule has 7 heteroatoms. The summed E-state index contributed by atoms with van der Waals surface area (Å²) < 4.78 is 5.46. The zero-order chi connectivity index (χ0) is 18.7. The van der Waals surface area contributed by atoms with E-state index in [1.54, 1.807) is 32.5 Å². The first kappa shape index (κ1) is 17.7. The second-order valence-electron chi connectivity index (χ2n) is 5.43. The van der Waals surface area contributed by atoms with Crippen molar-refractivity contribution >= 4 is 40.5 Å². The molecule has 0 saturated carbocycles. The first-order chi connectivity index (χ1) is 12.5. The maximum atomic E-state index is 11.0. The molecule has 26 heavy (non-hydrogen) atoms. The van der Waals surface area contributed by atoms with Gasteiger partial charge in [-0.2, -0.15) is 0 Å².